The Morgan fingerprint density at radius 1 is 1.11 bits per heavy atom. The predicted octanol–water partition coefficient (Wildman–Crippen LogP) is 5.79. The van der Waals surface area contributed by atoms with Crippen molar-refractivity contribution >= 4 is 40.0 Å². The minimum atomic E-state index is -1.40. The Kier molecular flexibility index (Phi) is 8.19. The highest BCUT2D eigenvalue weighted by atomic mass is 35.5. The molecule has 0 amide bonds. The molecule has 3 atom stereocenters. The molecule has 4 rings (SSSR count). The van der Waals surface area contributed by atoms with Gasteiger partial charge in [0.05, 0.1) is 36.4 Å². The normalized spacial score (nSPS) is 21.2. The number of ether oxygens (including phenoxy) is 2. The topological polar surface area (TPSA) is 89.5 Å². The van der Waals surface area contributed by atoms with Crippen LogP contribution in [0.2, 0.25) is 5.02 Å². The highest BCUT2D eigenvalue weighted by Crippen LogP contribution is 2.45. The standard InChI is InChI=1S/C28H30ClN3O4S/c1-5-35-25(33)23-17(3)30-18(4)28(26(34)36-6-2,24(23)19-11-8-7-9-12-19)32-27-31-22(16-37-27)20-13-10-14-21(29)15-20/h7-16,18,24,30H,5-6H2,1-4H3,(H,31,32). The van der Waals surface area contributed by atoms with Gasteiger partial charge in [-0.2, -0.15) is 0 Å². The molecule has 0 spiro atoms. The van der Waals surface area contributed by atoms with Crippen molar-refractivity contribution < 1.29 is 19.1 Å². The van der Waals surface area contributed by atoms with Crippen molar-refractivity contribution in [1.29, 1.82) is 0 Å². The van der Waals surface area contributed by atoms with Gasteiger partial charge in [0.2, 0.25) is 0 Å². The number of carbonyl (C=O) groups excluding carboxylic acids is 2. The molecular weight excluding hydrogens is 510 g/mol. The van der Waals surface area contributed by atoms with Gasteiger partial charge >= 0.3 is 11.9 Å². The third kappa shape index (κ3) is 5.22. The van der Waals surface area contributed by atoms with Gasteiger partial charge in [-0.15, -0.1) is 11.3 Å². The molecule has 1 aliphatic heterocycles. The molecule has 1 aromatic heterocycles. The summed E-state index contributed by atoms with van der Waals surface area (Å²) < 4.78 is 11.1. The summed E-state index contributed by atoms with van der Waals surface area (Å²) in [5, 5.41) is 9.79. The minimum absolute atomic E-state index is 0.180. The van der Waals surface area contributed by atoms with Gasteiger partial charge in [0.15, 0.2) is 10.7 Å². The smallest absolute Gasteiger partial charge is 0.336 e. The number of carbonyl (C=O) groups is 2. The Bertz CT molecular complexity index is 1310. The second-order valence-corrected chi connectivity index (χ2v) is 10.0. The zero-order valence-electron chi connectivity index (χ0n) is 21.2. The fraction of sp³-hybridized carbons (Fsp3) is 0.321. The molecule has 37 heavy (non-hydrogen) atoms. The van der Waals surface area contributed by atoms with E-state index in [0.29, 0.717) is 21.4 Å². The SMILES string of the molecule is CCOC(=O)C1=C(C)NC(C)C(Nc2nc(-c3cccc(Cl)c3)cs2)(C(=O)OCC)C1c1ccccc1. The molecule has 2 aromatic carbocycles. The average molecular weight is 540 g/mol. The number of thiazole rings is 1. The Labute approximate surface area is 225 Å². The van der Waals surface area contributed by atoms with Crippen molar-refractivity contribution in [3.8, 4) is 11.3 Å². The van der Waals surface area contributed by atoms with Gasteiger partial charge in [-0.1, -0.05) is 54.1 Å². The predicted molar refractivity (Wildman–Crippen MR) is 147 cm³/mol. The van der Waals surface area contributed by atoms with Gasteiger partial charge in [0.1, 0.15) is 0 Å². The maximum atomic E-state index is 13.9. The summed E-state index contributed by atoms with van der Waals surface area (Å²) in [4.78, 5) is 32.0. The average Bonchev–Trinajstić information content (AvgIpc) is 3.34. The van der Waals surface area contributed by atoms with Crippen molar-refractivity contribution in [2.45, 2.75) is 45.2 Å². The lowest BCUT2D eigenvalue weighted by Gasteiger charge is -2.48. The summed E-state index contributed by atoms with van der Waals surface area (Å²) in [5.74, 6) is -1.68. The fourth-order valence-corrected chi connectivity index (χ4v) is 5.81. The second-order valence-electron chi connectivity index (χ2n) is 8.73. The van der Waals surface area contributed by atoms with E-state index in [1.807, 2.05) is 67.8 Å². The highest BCUT2D eigenvalue weighted by Gasteiger charge is 2.58. The van der Waals surface area contributed by atoms with Crippen LogP contribution in [0, 0.1) is 0 Å². The number of hydrogen-bond acceptors (Lipinski definition) is 8. The van der Waals surface area contributed by atoms with Crippen LogP contribution in [0.3, 0.4) is 0 Å². The van der Waals surface area contributed by atoms with E-state index in [1.54, 1.807) is 19.9 Å². The number of allylic oxidation sites excluding steroid dienone is 1. The molecule has 0 aliphatic carbocycles. The molecule has 0 radical (unpaired) electrons. The third-order valence-corrected chi connectivity index (χ3v) is 7.44. The third-order valence-electron chi connectivity index (χ3n) is 6.44. The summed E-state index contributed by atoms with van der Waals surface area (Å²) in [6, 6.07) is 16.4. The summed E-state index contributed by atoms with van der Waals surface area (Å²) in [6.45, 7) is 7.64. The van der Waals surface area contributed by atoms with E-state index in [2.05, 4.69) is 10.6 Å². The van der Waals surface area contributed by atoms with Crippen LogP contribution >= 0.6 is 22.9 Å². The van der Waals surface area contributed by atoms with Crippen LogP contribution in [0.1, 0.15) is 39.2 Å². The Morgan fingerprint density at radius 3 is 2.51 bits per heavy atom. The first-order chi connectivity index (χ1) is 17.8. The maximum absolute atomic E-state index is 13.9. The van der Waals surface area contributed by atoms with E-state index in [-0.39, 0.29) is 13.2 Å². The monoisotopic (exact) mass is 539 g/mol. The lowest BCUT2D eigenvalue weighted by molar-refractivity contribution is -0.151. The minimum Gasteiger partial charge on any atom is -0.464 e. The summed E-state index contributed by atoms with van der Waals surface area (Å²) in [6.07, 6.45) is 0. The van der Waals surface area contributed by atoms with Crippen LogP contribution in [-0.4, -0.2) is 41.7 Å². The van der Waals surface area contributed by atoms with Crippen molar-refractivity contribution in [3.63, 3.8) is 0 Å². The van der Waals surface area contributed by atoms with E-state index in [9.17, 15) is 9.59 Å². The van der Waals surface area contributed by atoms with E-state index >= 15 is 0 Å². The number of benzene rings is 2. The largest absolute Gasteiger partial charge is 0.464 e. The van der Waals surface area contributed by atoms with Gasteiger partial charge in [0.25, 0.3) is 0 Å². The van der Waals surface area contributed by atoms with Crippen LogP contribution in [0.25, 0.3) is 11.3 Å². The fourth-order valence-electron chi connectivity index (χ4n) is 4.83. The van der Waals surface area contributed by atoms with Crippen LogP contribution in [0.5, 0.6) is 0 Å². The Hall–Kier alpha value is -3.36. The second kappa shape index (κ2) is 11.4. The number of nitrogens with zero attached hydrogens (tertiary/aromatic N) is 1. The molecule has 0 bridgehead atoms. The lowest BCUT2D eigenvalue weighted by Crippen LogP contribution is -2.66. The number of rotatable bonds is 8. The molecule has 2 N–H and O–H groups in total. The van der Waals surface area contributed by atoms with E-state index < -0.39 is 29.4 Å². The van der Waals surface area contributed by atoms with Gasteiger partial charge in [-0.05, 0) is 45.4 Å². The van der Waals surface area contributed by atoms with E-state index in [4.69, 9.17) is 26.1 Å². The summed E-state index contributed by atoms with van der Waals surface area (Å²) in [7, 11) is 0. The molecule has 9 heteroatoms. The zero-order valence-corrected chi connectivity index (χ0v) is 22.8. The number of halogens is 1. The number of nitrogens with one attached hydrogen (secondary N) is 2. The van der Waals surface area contributed by atoms with Crippen molar-refractivity contribution in [1.82, 2.24) is 10.3 Å². The van der Waals surface area contributed by atoms with Crippen molar-refractivity contribution in [2.75, 3.05) is 18.5 Å². The van der Waals surface area contributed by atoms with E-state index in [1.165, 1.54) is 11.3 Å². The number of aromatic nitrogens is 1. The summed E-state index contributed by atoms with van der Waals surface area (Å²) >= 11 is 7.55. The van der Waals surface area contributed by atoms with Crippen molar-refractivity contribution in [2.24, 2.45) is 0 Å². The quantitative estimate of drug-likeness (QED) is 0.350. The van der Waals surface area contributed by atoms with Crippen LogP contribution in [0.15, 0.2) is 71.2 Å². The van der Waals surface area contributed by atoms with Crippen LogP contribution in [-0.2, 0) is 19.1 Å². The van der Waals surface area contributed by atoms with Gasteiger partial charge < -0.3 is 20.1 Å². The molecule has 194 valence electrons. The Morgan fingerprint density at radius 2 is 1.84 bits per heavy atom. The molecule has 3 aromatic rings. The highest BCUT2D eigenvalue weighted by molar-refractivity contribution is 7.14. The number of anilines is 1. The van der Waals surface area contributed by atoms with E-state index in [0.717, 1.165) is 16.8 Å². The summed E-state index contributed by atoms with van der Waals surface area (Å²) in [5.41, 5.74) is 1.99. The van der Waals surface area contributed by atoms with Gasteiger partial charge in [0, 0.05) is 21.7 Å². The molecular formula is C28H30ClN3O4S. The van der Waals surface area contributed by atoms with Crippen LogP contribution < -0.4 is 10.6 Å². The number of esters is 2. The van der Waals surface area contributed by atoms with Gasteiger partial charge in [-0.3, -0.25) is 0 Å². The first-order valence-corrected chi connectivity index (χ1v) is 13.4. The maximum Gasteiger partial charge on any atom is 0.336 e. The molecule has 0 fully saturated rings. The van der Waals surface area contributed by atoms with Gasteiger partial charge in [-0.25, -0.2) is 14.6 Å². The molecule has 7 nitrogen and oxygen atoms in total. The van der Waals surface area contributed by atoms with Crippen LogP contribution in [0.4, 0.5) is 5.13 Å². The zero-order chi connectivity index (χ0) is 26.6. The molecule has 1 aliphatic rings. The number of hydrogen-bond donors (Lipinski definition) is 2. The molecule has 3 unspecified atom stereocenters. The molecule has 2 heterocycles. The van der Waals surface area contributed by atoms with Crippen molar-refractivity contribution in [3.05, 3.63) is 81.8 Å². The molecule has 0 saturated heterocycles. The first-order valence-electron chi connectivity index (χ1n) is 12.2. The Balaban J connectivity index is 1.89. The molecule has 0 saturated carbocycles. The first kappa shape index (κ1) is 26.7. The lowest BCUT2D eigenvalue weighted by atomic mass is 9.68.